The van der Waals surface area contributed by atoms with Crippen molar-refractivity contribution in [1.29, 1.82) is 0 Å². The van der Waals surface area contributed by atoms with Crippen LogP contribution in [-0.2, 0) is 11.2 Å². The number of amides is 2. The molecule has 1 aliphatic carbocycles. The summed E-state index contributed by atoms with van der Waals surface area (Å²) in [7, 11) is 1.62. The first-order chi connectivity index (χ1) is 14.0. The van der Waals surface area contributed by atoms with Crippen LogP contribution in [0.5, 0.6) is 0 Å². The summed E-state index contributed by atoms with van der Waals surface area (Å²) in [5.41, 5.74) is 2.62. The molecule has 0 unspecified atom stereocenters. The summed E-state index contributed by atoms with van der Waals surface area (Å²) in [6.45, 7) is 2.02. The maximum atomic E-state index is 12.8. The van der Waals surface area contributed by atoms with Gasteiger partial charge in [-0.25, -0.2) is 0 Å². The van der Waals surface area contributed by atoms with E-state index >= 15 is 0 Å². The molecule has 1 aromatic carbocycles. The Balaban J connectivity index is 1.50. The quantitative estimate of drug-likeness (QED) is 0.652. The van der Waals surface area contributed by atoms with Crippen LogP contribution >= 0.6 is 11.3 Å². The molecular formula is C22H26N4O2S. The number of carbonyl (C=O) groups is 2. The van der Waals surface area contributed by atoms with Crippen LogP contribution in [-0.4, -0.2) is 28.6 Å². The summed E-state index contributed by atoms with van der Waals surface area (Å²) in [6.07, 6.45) is 6.47. The Morgan fingerprint density at radius 2 is 1.90 bits per heavy atom. The highest BCUT2D eigenvalue weighted by Crippen LogP contribution is 2.35. The molecular weight excluding hydrogens is 384 g/mol. The minimum absolute atomic E-state index is 0.0329. The van der Waals surface area contributed by atoms with E-state index in [4.69, 9.17) is 5.10 Å². The summed E-state index contributed by atoms with van der Waals surface area (Å²) >= 11 is 1.52. The molecule has 6 nitrogen and oxygen atoms in total. The molecule has 7 heteroatoms. The van der Waals surface area contributed by atoms with E-state index in [2.05, 4.69) is 15.3 Å². The van der Waals surface area contributed by atoms with E-state index in [-0.39, 0.29) is 11.8 Å². The van der Waals surface area contributed by atoms with Gasteiger partial charge in [-0.15, -0.1) is 11.3 Å². The second-order valence-corrected chi connectivity index (χ2v) is 8.68. The monoisotopic (exact) mass is 410 g/mol. The maximum Gasteiger partial charge on any atom is 0.265 e. The first kappa shape index (κ1) is 19.6. The number of rotatable bonds is 5. The van der Waals surface area contributed by atoms with Gasteiger partial charge in [0, 0.05) is 18.1 Å². The van der Waals surface area contributed by atoms with Gasteiger partial charge in [0.2, 0.25) is 5.91 Å². The van der Waals surface area contributed by atoms with Crippen LogP contribution in [0.3, 0.4) is 0 Å². The molecule has 0 bridgehead atoms. The number of carbonyl (C=O) groups excluding carboxylic acids is 2. The number of likely N-dealkylation sites (N-methyl/N-ethyl adjacent to an activating group) is 1. The number of aromatic nitrogens is 2. The number of nitrogens with one attached hydrogen (secondary N) is 2. The third kappa shape index (κ3) is 4.19. The van der Waals surface area contributed by atoms with E-state index in [1.165, 1.54) is 30.6 Å². The molecule has 3 aromatic rings. The Morgan fingerprint density at radius 1 is 1.17 bits per heavy atom. The smallest absolute Gasteiger partial charge is 0.265 e. The number of nitrogens with zero attached hydrogens (tertiary/aromatic N) is 2. The van der Waals surface area contributed by atoms with Crippen molar-refractivity contribution >= 4 is 39.1 Å². The second-order valence-electron chi connectivity index (χ2n) is 7.65. The Kier molecular flexibility index (Phi) is 5.67. The van der Waals surface area contributed by atoms with Gasteiger partial charge in [0.1, 0.15) is 4.83 Å². The van der Waals surface area contributed by atoms with E-state index in [9.17, 15) is 9.59 Å². The average molecular weight is 411 g/mol. The van der Waals surface area contributed by atoms with Crippen molar-refractivity contribution in [2.75, 3.05) is 12.4 Å². The standard InChI is InChI=1S/C22H26N4O2S/c1-14-18-13-19(29-22(18)26(25-14)17-6-4-3-5-7-17)21(28)24-16-10-8-15(9-11-16)12-20(27)23-2/h8-11,13,17H,3-7,12H2,1-2H3,(H,23,27)(H,24,28). The van der Waals surface area contributed by atoms with Crippen molar-refractivity contribution < 1.29 is 9.59 Å². The molecule has 0 radical (unpaired) electrons. The lowest BCUT2D eigenvalue weighted by atomic mass is 9.96. The van der Waals surface area contributed by atoms with Gasteiger partial charge in [-0.05, 0) is 43.5 Å². The molecule has 1 aliphatic rings. The van der Waals surface area contributed by atoms with E-state index in [0.29, 0.717) is 17.3 Å². The first-order valence-corrected chi connectivity index (χ1v) is 11.0. The number of hydrogen-bond acceptors (Lipinski definition) is 4. The van der Waals surface area contributed by atoms with Crippen molar-refractivity contribution in [2.24, 2.45) is 0 Å². The molecule has 2 N–H and O–H groups in total. The lowest BCUT2D eigenvalue weighted by Gasteiger charge is -2.22. The largest absolute Gasteiger partial charge is 0.359 e. The topological polar surface area (TPSA) is 76.0 Å². The normalized spacial score (nSPS) is 14.8. The fourth-order valence-corrected chi connectivity index (χ4v) is 5.06. The van der Waals surface area contributed by atoms with Gasteiger partial charge in [0.15, 0.2) is 0 Å². The summed E-state index contributed by atoms with van der Waals surface area (Å²) in [5.74, 6) is -0.144. The van der Waals surface area contributed by atoms with Gasteiger partial charge >= 0.3 is 0 Å². The minimum atomic E-state index is -0.111. The van der Waals surface area contributed by atoms with Crippen molar-refractivity contribution in [3.05, 3.63) is 46.5 Å². The average Bonchev–Trinajstić information content (AvgIpc) is 3.31. The summed E-state index contributed by atoms with van der Waals surface area (Å²) < 4.78 is 2.15. The molecule has 1 fully saturated rings. The molecule has 0 saturated heterocycles. The van der Waals surface area contributed by atoms with Crippen molar-refractivity contribution in [1.82, 2.24) is 15.1 Å². The highest BCUT2D eigenvalue weighted by atomic mass is 32.1. The Morgan fingerprint density at radius 3 is 2.59 bits per heavy atom. The number of benzene rings is 1. The lowest BCUT2D eigenvalue weighted by molar-refractivity contribution is -0.119. The van der Waals surface area contributed by atoms with E-state index < -0.39 is 0 Å². The lowest BCUT2D eigenvalue weighted by Crippen LogP contribution is -2.19. The van der Waals surface area contributed by atoms with E-state index in [1.807, 2.05) is 37.3 Å². The van der Waals surface area contributed by atoms with Crippen LogP contribution in [0.2, 0.25) is 0 Å². The van der Waals surface area contributed by atoms with E-state index in [1.54, 1.807) is 7.05 Å². The third-order valence-corrected chi connectivity index (χ3v) is 6.69. The Bertz CT molecular complexity index is 1030. The zero-order chi connectivity index (χ0) is 20.4. The molecule has 152 valence electrons. The minimum Gasteiger partial charge on any atom is -0.359 e. The van der Waals surface area contributed by atoms with Crippen molar-refractivity contribution in [3.8, 4) is 0 Å². The Hall–Kier alpha value is -2.67. The van der Waals surface area contributed by atoms with Gasteiger partial charge in [0.05, 0.1) is 23.0 Å². The molecule has 4 rings (SSSR count). The van der Waals surface area contributed by atoms with Gasteiger partial charge in [0.25, 0.3) is 5.91 Å². The zero-order valence-corrected chi connectivity index (χ0v) is 17.6. The molecule has 1 saturated carbocycles. The van der Waals surface area contributed by atoms with Gasteiger partial charge in [-0.1, -0.05) is 31.4 Å². The van der Waals surface area contributed by atoms with Crippen LogP contribution in [0.25, 0.3) is 10.2 Å². The summed E-state index contributed by atoms with van der Waals surface area (Å²) in [5, 5.41) is 11.4. The fourth-order valence-electron chi connectivity index (χ4n) is 3.93. The number of thiophene rings is 1. The highest BCUT2D eigenvalue weighted by Gasteiger charge is 2.22. The SMILES string of the molecule is CNC(=O)Cc1ccc(NC(=O)c2cc3c(C)nn(C4CCCCC4)c3s2)cc1. The number of aryl methyl sites for hydroxylation is 1. The molecule has 0 atom stereocenters. The second kappa shape index (κ2) is 8.37. The summed E-state index contributed by atoms with van der Waals surface area (Å²) in [4.78, 5) is 26.1. The zero-order valence-electron chi connectivity index (χ0n) is 16.8. The number of fused-ring (bicyclic) bond motifs is 1. The molecule has 0 spiro atoms. The van der Waals surface area contributed by atoms with Gasteiger partial charge in [-0.2, -0.15) is 5.10 Å². The highest BCUT2D eigenvalue weighted by molar-refractivity contribution is 7.20. The van der Waals surface area contributed by atoms with Crippen LogP contribution in [0, 0.1) is 6.92 Å². The summed E-state index contributed by atoms with van der Waals surface area (Å²) in [6, 6.07) is 9.79. The van der Waals surface area contributed by atoms with E-state index in [0.717, 1.165) is 40.0 Å². The van der Waals surface area contributed by atoms with Gasteiger partial charge in [-0.3, -0.25) is 14.3 Å². The van der Waals surface area contributed by atoms with Crippen LogP contribution < -0.4 is 10.6 Å². The van der Waals surface area contributed by atoms with Crippen molar-refractivity contribution in [3.63, 3.8) is 0 Å². The molecule has 2 heterocycles. The first-order valence-electron chi connectivity index (χ1n) is 10.1. The van der Waals surface area contributed by atoms with Crippen LogP contribution in [0.1, 0.15) is 59.1 Å². The van der Waals surface area contributed by atoms with Gasteiger partial charge < -0.3 is 10.6 Å². The third-order valence-electron chi connectivity index (χ3n) is 5.57. The molecule has 29 heavy (non-hydrogen) atoms. The number of hydrogen-bond donors (Lipinski definition) is 2. The maximum absolute atomic E-state index is 12.8. The predicted octanol–water partition coefficient (Wildman–Crippen LogP) is 4.45. The molecule has 0 aliphatic heterocycles. The van der Waals surface area contributed by atoms with Crippen LogP contribution in [0.4, 0.5) is 5.69 Å². The molecule has 2 aromatic heterocycles. The van der Waals surface area contributed by atoms with Crippen LogP contribution in [0.15, 0.2) is 30.3 Å². The van der Waals surface area contributed by atoms with Crippen molar-refractivity contribution in [2.45, 2.75) is 51.5 Å². The fraction of sp³-hybridized carbons (Fsp3) is 0.409. The Labute approximate surface area is 174 Å². The number of anilines is 1. The molecule has 2 amide bonds. The predicted molar refractivity (Wildman–Crippen MR) is 117 cm³/mol.